The number of carbonyl (C=O) groups is 1. The fourth-order valence-corrected chi connectivity index (χ4v) is 2.78. The molecule has 138 valence electrons. The molecule has 2 N–H and O–H groups in total. The maximum Gasteiger partial charge on any atom is 0.293 e. The van der Waals surface area contributed by atoms with Gasteiger partial charge in [0.15, 0.2) is 0 Å². The van der Waals surface area contributed by atoms with Gasteiger partial charge in [0.2, 0.25) is 0 Å². The zero-order valence-electron chi connectivity index (χ0n) is 14.3. The molecule has 3 rings (SSSR count). The topological polar surface area (TPSA) is 136 Å². The maximum atomic E-state index is 11.5. The first-order valence-electron chi connectivity index (χ1n) is 8.12. The number of morpholine rings is 1. The van der Waals surface area contributed by atoms with E-state index in [9.17, 15) is 14.9 Å². The molecule has 0 bridgehead atoms. The molecule has 2 heterocycles. The second kappa shape index (κ2) is 7.72. The number of nitro groups is 1. The van der Waals surface area contributed by atoms with E-state index in [0.29, 0.717) is 43.3 Å². The highest BCUT2D eigenvalue weighted by molar-refractivity contribution is 6.00. The van der Waals surface area contributed by atoms with E-state index in [4.69, 9.17) is 20.1 Å². The van der Waals surface area contributed by atoms with Gasteiger partial charge in [0.05, 0.1) is 18.1 Å². The van der Waals surface area contributed by atoms with Crippen LogP contribution in [0.4, 0.5) is 11.4 Å². The van der Waals surface area contributed by atoms with Crippen LogP contribution in [-0.4, -0.2) is 37.1 Å². The minimum Gasteiger partial charge on any atom is -0.457 e. The fourth-order valence-electron chi connectivity index (χ4n) is 2.78. The van der Waals surface area contributed by atoms with Gasteiger partial charge in [-0.25, -0.2) is 0 Å². The molecule has 1 saturated heterocycles. The van der Waals surface area contributed by atoms with E-state index in [2.05, 4.69) is 0 Å². The third-order valence-electron chi connectivity index (χ3n) is 4.11. The lowest BCUT2D eigenvalue weighted by molar-refractivity contribution is -0.384. The van der Waals surface area contributed by atoms with Gasteiger partial charge in [-0.3, -0.25) is 14.9 Å². The van der Waals surface area contributed by atoms with Gasteiger partial charge in [0.25, 0.3) is 11.6 Å². The Labute approximate surface area is 154 Å². The van der Waals surface area contributed by atoms with Crippen molar-refractivity contribution in [3.63, 3.8) is 0 Å². The molecule has 0 spiro atoms. The third kappa shape index (κ3) is 3.96. The molecule has 9 nitrogen and oxygen atoms in total. The Morgan fingerprint density at radius 1 is 1.30 bits per heavy atom. The van der Waals surface area contributed by atoms with Crippen molar-refractivity contribution in [2.45, 2.75) is 0 Å². The Morgan fingerprint density at radius 3 is 2.67 bits per heavy atom. The number of carbonyl (C=O) groups excluding carboxylic acids is 1. The van der Waals surface area contributed by atoms with Crippen molar-refractivity contribution in [1.29, 1.82) is 5.26 Å². The molecule has 0 unspecified atom stereocenters. The summed E-state index contributed by atoms with van der Waals surface area (Å²) in [6.07, 6.45) is 1.22. The molecule has 0 atom stereocenters. The molecule has 1 aliphatic heterocycles. The summed E-state index contributed by atoms with van der Waals surface area (Å²) in [6.45, 7) is 2.21. The summed E-state index contributed by atoms with van der Waals surface area (Å²) in [4.78, 5) is 24.1. The first-order valence-corrected chi connectivity index (χ1v) is 8.12. The number of rotatable bonds is 5. The normalized spacial score (nSPS) is 14.6. The standard InChI is InChI=1S/C18H16N4O5/c19-11-13(18(20)23)9-14-2-4-17(27-14)12-1-3-15(16(10-12)22(24)25)21-5-7-26-8-6-21/h1-4,9-10H,5-8H2,(H2,20,23)/b13-9+. The van der Waals surface area contributed by atoms with Crippen molar-refractivity contribution < 1.29 is 18.9 Å². The number of hydrogen-bond acceptors (Lipinski definition) is 7. The molecule has 1 fully saturated rings. The van der Waals surface area contributed by atoms with Gasteiger partial charge >= 0.3 is 0 Å². The van der Waals surface area contributed by atoms with E-state index >= 15 is 0 Å². The SMILES string of the molecule is N#C/C(=C\c1ccc(-c2ccc(N3CCOCC3)c([N+](=O)[O-])c2)o1)C(N)=O. The Balaban J connectivity index is 1.94. The largest absolute Gasteiger partial charge is 0.457 e. The minimum absolute atomic E-state index is 0.0299. The van der Waals surface area contributed by atoms with Gasteiger partial charge < -0.3 is 19.8 Å². The Hall–Kier alpha value is -3.64. The number of nitriles is 1. The molecule has 1 amide bonds. The summed E-state index contributed by atoms with van der Waals surface area (Å²) < 4.78 is 10.9. The Kier molecular flexibility index (Phi) is 5.19. The van der Waals surface area contributed by atoms with E-state index in [0.717, 1.165) is 0 Å². The van der Waals surface area contributed by atoms with Crippen molar-refractivity contribution in [3.05, 3.63) is 51.8 Å². The van der Waals surface area contributed by atoms with Crippen LogP contribution in [0.15, 0.2) is 40.3 Å². The first-order chi connectivity index (χ1) is 13.0. The van der Waals surface area contributed by atoms with Crippen molar-refractivity contribution in [2.24, 2.45) is 5.73 Å². The van der Waals surface area contributed by atoms with Crippen LogP contribution < -0.4 is 10.6 Å². The van der Waals surface area contributed by atoms with Crippen LogP contribution in [0, 0.1) is 21.4 Å². The van der Waals surface area contributed by atoms with Gasteiger partial charge in [-0.05, 0) is 24.3 Å². The van der Waals surface area contributed by atoms with Gasteiger partial charge in [-0.2, -0.15) is 5.26 Å². The van der Waals surface area contributed by atoms with Crippen LogP contribution >= 0.6 is 0 Å². The molecule has 9 heteroatoms. The number of hydrogen-bond donors (Lipinski definition) is 1. The molecular formula is C18H16N4O5. The van der Waals surface area contributed by atoms with E-state index in [-0.39, 0.29) is 17.0 Å². The predicted octanol–water partition coefficient (Wildman–Crippen LogP) is 2.08. The summed E-state index contributed by atoms with van der Waals surface area (Å²) >= 11 is 0. The summed E-state index contributed by atoms with van der Waals surface area (Å²) in [6, 6.07) is 9.70. The minimum atomic E-state index is -0.860. The molecule has 1 aliphatic rings. The number of benzene rings is 1. The highest BCUT2D eigenvalue weighted by atomic mass is 16.6. The first kappa shape index (κ1) is 18.2. The molecule has 2 aromatic rings. The van der Waals surface area contributed by atoms with Gasteiger partial charge in [-0.1, -0.05) is 0 Å². The van der Waals surface area contributed by atoms with E-state index in [1.807, 2.05) is 4.90 Å². The highest BCUT2D eigenvalue weighted by Crippen LogP contribution is 2.34. The van der Waals surface area contributed by atoms with Crippen LogP contribution in [0.5, 0.6) is 0 Å². The fraction of sp³-hybridized carbons (Fsp3) is 0.222. The van der Waals surface area contributed by atoms with Gasteiger partial charge in [-0.15, -0.1) is 0 Å². The van der Waals surface area contributed by atoms with E-state index in [1.54, 1.807) is 30.3 Å². The van der Waals surface area contributed by atoms with Crippen LogP contribution in [-0.2, 0) is 9.53 Å². The number of anilines is 1. The van der Waals surface area contributed by atoms with Crippen LogP contribution in [0.25, 0.3) is 17.4 Å². The lowest BCUT2D eigenvalue weighted by Gasteiger charge is -2.28. The molecule has 0 radical (unpaired) electrons. The number of furan rings is 1. The number of nitrogens with zero attached hydrogens (tertiary/aromatic N) is 3. The smallest absolute Gasteiger partial charge is 0.293 e. The van der Waals surface area contributed by atoms with Gasteiger partial charge in [0.1, 0.15) is 28.9 Å². The summed E-state index contributed by atoms with van der Waals surface area (Å²) in [5.41, 5.74) is 5.86. The number of amides is 1. The number of ether oxygens (including phenoxy) is 1. The average Bonchev–Trinajstić information content (AvgIpc) is 3.14. The Morgan fingerprint density at radius 2 is 2.04 bits per heavy atom. The summed E-state index contributed by atoms with van der Waals surface area (Å²) in [7, 11) is 0. The zero-order valence-corrected chi connectivity index (χ0v) is 14.3. The van der Waals surface area contributed by atoms with Crippen LogP contribution in [0.1, 0.15) is 5.76 Å². The highest BCUT2D eigenvalue weighted by Gasteiger charge is 2.22. The molecule has 1 aromatic heterocycles. The second-order valence-corrected chi connectivity index (χ2v) is 5.80. The molecule has 0 saturated carbocycles. The van der Waals surface area contributed by atoms with Crippen molar-refractivity contribution >= 4 is 23.4 Å². The molecule has 27 heavy (non-hydrogen) atoms. The average molecular weight is 368 g/mol. The van der Waals surface area contributed by atoms with Crippen LogP contribution in [0.2, 0.25) is 0 Å². The van der Waals surface area contributed by atoms with E-state index in [1.165, 1.54) is 12.1 Å². The van der Waals surface area contributed by atoms with Gasteiger partial charge in [0, 0.05) is 30.8 Å². The number of nitro benzene ring substituents is 1. The predicted molar refractivity (Wildman–Crippen MR) is 96.6 cm³/mol. The monoisotopic (exact) mass is 368 g/mol. The van der Waals surface area contributed by atoms with Crippen LogP contribution in [0.3, 0.4) is 0 Å². The number of primary amides is 1. The third-order valence-corrected chi connectivity index (χ3v) is 4.11. The summed E-state index contributed by atoms with van der Waals surface area (Å²) in [5, 5.41) is 20.4. The molecular weight excluding hydrogens is 352 g/mol. The second-order valence-electron chi connectivity index (χ2n) is 5.80. The number of nitrogens with two attached hydrogens (primary N) is 1. The van der Waals surface area contributed by atoms with Crippen molar-refractivity contribution in [1.82, 2.24) is 0 Å². The lowest BCUT2D eigenvalue weighted by Crippen LogP contribution is -2.36. The summed E-state index contributed by atoms with van der Waals surface area (Å²) in [5.74, 6) is -0.235. The maximum absolute atomic E-state index is 11.5. The molecule has 1 aromatic carbocycles. The van der Waals surface area contributed by atoms with E-state index < -0.39 is 10.8 Å². The van der Waals surface area contributed by atoms with Crippen molar-refractivity contribution in [3.8, 4) is 17.4 Å². The quantitative estimate of drug-likeness (QED) is 0.369. The zero-order chi connectivity index (χ0) is 19.4. The van der Waals surface area contributed by atoms with Crippen molar-refractivity contribution in [2.75, 3.05) is 31.2 Å². The molecule has 0 aliphatic carbocycles. The Bertz CT molecular complexity index is 951. The lowest BCUT2D eigenvalue weighted by atomic mass is 10.1.